The van der Waals surface area contributed by atoms with Crippen molar-refractivity contribution < 1.29 is 22.0 Å². The molecule has 0 aliphatic heterocycles. The highest BCUT2D eigenvalue weighted by atomic mass is 32.2. The zero-order valence-corrected chi connectivity index (χ0v) is 19.7. The molecule has 0 saturated carbocycles. The van der Waals surface area contributed by atoms with Gasteiger partial charge in [-0.25, -0.2) is 12.8 Å². The van der Waals surface area contributed by atoms with Gasteiger partial charge in [0.25, 0.3) is 10.0 Å². The summed E-state index contributed by atoms with van der Waals surface area (Å²) >= 11 is 0. The maximum absolute atomic E-state index is 13.0. The third-order valence-corrected chi connectivity index (χ3v) is 6.45. The lowest BCUT2D eigenvalue weighted by molar-refractivity contribution is -0.124. The lowest BCUT2D eigenvalue weighted by Crippen LogP contribution is -2.32. The van der Waals surface area contributed by atoms with E-state index >= 15 is 0 Å². The summed E-state index contributed by atoms with van der Waals surface area (Å²) in [6, 6.07) is 15.7. The SMILES string of the molecule is CC(C)(CF)C(=O)Nc1ccc(NS(=O)(=O)c2cccc(-c3nnc(-c4cccnc4)o3)c2)cc1. The van der Waals surface area contributed by atoms with Crippen LogP contribution in [0.15, 0.2) is 82.4 Å². The van der Waals surface area contributed by atoms with E-state index in [1.54, 1.807) is 36.7 Å². The number of nitrogens with one attached hydrogen (secondary N) is 2. The van der Waals surface area contributed by atoms with Crippen LogP contribution in [0, 0.1) is 5.41 Å². The number of anilines is 2. The first-order valence-corrected chi connectivity index (χ1v) is 12.0. The second-order valence-electron chi connectivity index (χ2n) is 8.34. The third-order valence-electron chi connectivity index (χ3n) is 5.07. The first kappa shape index (κ1) is 24.0. The fourth-order valence-corrected chi connectivity index (χ4v) is 4.04. The Morgan fingerprint density at radius 3 is 2.29 bits per heavy atom. The summed E-state index contributed by atoms with van der Waals surface area (Å²) in [5, 5.41) is 10.6. The highest BCUT2D eigenvalue weighted by Crippen LogP contribution is 2.26. The highest BCUT2D eigenvalue weighted by Gasteiger charge is 2.27. The van der Waals surface area contributed by atoms with E-state index in [0.29, 0.717) is 16.8 Å². The maximum Gasteiger partial charge on any atom is 0.261 e. The quantitative estimate of drug-likeness (QED) is 0.367. The molecule has 2 aromatic heterocycles. The van der Waals surface area contributed by atoms with Gasteiger partial charge in [-0.15, -0.1) is 10.2 Å². The number of carbonyl (C=O) groups excluding carboxylic acids is 1. The molecule has 9 nitrogen and oxygen atoms in total. The summed E-state index contributed by atoms with van der Waals surface area (Å²) in [5.74, 6) is -0.0448. The Balaban J connectivity index is 1.50. The summed E-state index contributed by atoms with van der Waals surface area (Å²) in [4.78, 5) is 16.1. The zero-order valence-electron chi connectivity index (χ0n) is 18.9. The molecule has 0 spiro atoms. The molecule has 4 rings (SSSR count). The molecule has 0 aliphatic carbocycles. The molecule has 0 fully saturated rings. The molecular formula is C24H22FN5O4S. The monoisotopic (exact) mass is 495 g/mol. The standard InChI is InChI=1S/C24H22FN5O4S/c1-24(2,15-25)23(31)27-18-8-10-19(11-9-18)30-35(32,33)20-7-3-5-16(13-20)21-28-29-22(34-21)17-6-4-12-26-14-17/h3-14,30H,15H2,1-2H3,(H,27,31). The van der Waals surface area contributed by atoms with Crippen LogP contribution in [0.2, 0.25) is 0 Å². The van der Waals surface area contributed by atoms with E-state index in [1.807, 2.05) is 0 Å². The molecule has 0 atom stereocenters. The van der Waals surface area contributed by atoms with Crippen molar-refractivity contribution in [2.24, 2.45) is 5.41 Å². The van der Waals surface area contributed by atoms with E-state index in [4.69, 9.17) is 4.42 Å². The Morgan fingerprint density at radius 2 is 1.63 bits per heavy atom. The van der Waals surface area contributed by atoms with Gasteiger partial charge in [-0.2, -0.15) is 0 Å². The lowest BCUT2D eigenvalue weighted by Gasteiger charge is -2.19. The predicted molar refractivity (Wildman–Crippen MR) is 129 cm³/mol. The Morgan fingerprint density at radius 1 is 0.971 bits per heavy atom. The van der Waals surface area contributed by atoms with Gasteiger partial charge in [-0.1, -0.05) is 6.07 Å². The average Bonchev–Trinajstić information content (AvgIpc) is 3.36. The van der Waals surface area contributed by atoms with Crippen LogP contribution in [0.3, 0.4) is 0 Å². The molecule has 35 heavy (non-hydrogen) atoms. The molecule has 1 amide bonds. The van der Waals surface area contributed by atoms with Gasteiger partial charge in [0.2, 0.25) is 17.7 Å². The summed E-state index contributed by atoms with van der Waals surface area (Å²) in [6.07, 6.45) is 3.21. The van der Waals surface area contributed by atoms with Gasteiger partial charge in [-0.05, 0) is 68.4 Å². The second kappa shape index (κ2) is 9.63. The summed E-state index contributed by atoms with van der Waals surface area (Å²) in [6.45, 7) is 2.18. The van der Waals surface area contributed by atoms with Crippen LogP contribution < -0.4 is 10.0 Å². The third kappa shape index (κ3) is 5.52. The van der Waals surface area contributed by atoms with Crippen molar-refractivity contribution in [1.82, 2.24) is 15.2 Å². The normalized spacial score (nSPS) is 11.7. The first-order chi connectivity index (χ1) is 16.7. The van der Waals surface area contributed by atoms with Gasteiger partial charge in [-0.3, -0.25) is 14.5 Å². The summed E-state index contributed by atoms with van der Waals surface area (Å²) in [7, 11) is -3.94. The molecule has 2 N–H and O–H groups in total. The number of carbonyl (C=O) groups is 1. The Labute approximate surface area is 201 Å². The molecule has 2 aromatic carbocycles. The van der Waals surface area contributed by atoms with E-state index in [-0.39, 0.29) is 22.4 Å². The Hall–Kier alpha value is -4.12. The zero-order chi connectivity index (χ0) is 25.1. The number of rotatable bonds is 8. The van der Waals surface area contributed by atoms with Crippen molar-refractivity contribution in [1.29, 1.82) is 0 Å². The van der Waals surface area contributed by atoms with Crippen molar-refractivity contribution >= 4 is 27.3 Å². The van der Waals surface area contributed by atoms with Crippen molar-refractivity contribution in [3.8, 4) is 22.9 Å². The van der Waals surface area contributed by atoms with Crippen LogP contribution in [-0.4, -0.2) is 36.2 Å². The van der Waals surface area contributed by atoms with Crippen LogP contribution in [0.5, 0.6) is 0 Å². The van der Waals surface area contributed by atoms with Crippen molar-refractivity contribution in [2.75, 3.05) is 16.7 Å². The fraction of sp³-hybridized carbons (Fsp3) is 0.167. The van der Waals surface area contributed by atoms with Gasteiger partial charge in [0.1, 0.15) is 6.67 Å². The van der Waals surface area contributed by atoms with Gasteiger partial charge >= 0.3 is 0 Å². The van der Waals surface area contributed by atoms with Gasteiger partial charge in [0.15, 0.2) is 0 Å². The number of hydrogen-bond acceptors (Lipinski definition) is 7. The summed E-state index contributed by atoms with van der Waals surface area (Å²) in [5.41, 5.74) is 0.619. The van der Waals surface area contributed by atoms with E-state index in [2.05, 4.69) is 25.2 Å². The number of alkyl halides is 1. The number of aromatic nitrogens is 3. The lowest BCUT2D eigenvalue weighted by atomic mass is 9.94. The second-order valence-corrected chi connectivity index (χ2v) is 10.0. The van der Waals surface area contributed by atoms with Crippen LogP contribution >= 0.6 is 0 Å². The minimum absolute atomic E-state index is 0.00166. The molecule has 0 radical (unpaired) electrons. The number of sulfonamides is 1. The van der Waals surface area contributed by atoms with Gasteiger partial charge < -0.3 is 9.73 Å². The topological polar surface area (TPSA) is 127 Å². The number of amides is 1. The number of nitrogens with zero attached hydrogens (tertiary/aromatic N) is 3. The van der Waals surface area contributed by atoms with Crippen molar-refractivity contribution in [2.45, 2.75) is 18.7 Å². The number of hydrogen-bond donors (Lipinski definition) is 2. The molecule has 0 unspecified atom stereocenters. The predicted octanol–water partition coefficient (Wildman–Crippen LogP) is 4.53. The smallest absolute Gasteiger partial charge is 0.261 e. The minimum atomic E-state index is -3.94. The highest BCUT2D eigenvalue weighted by molar-refractivity contribution is 7.92. The molecule has 0 aliphatic rings. The molecule has 2 heterocycles. The van der Waals surface area contributed by atoms with E-state index in [1.165, 1.54) is 50.2 Å². The molecular weight excluding hydrogens is 473 g/mol. The molecule has 4 aromatic rings. The van der Waals surface area contributed by atoms with Gasteiger partial charge in [0.05, 0.1) is 15.9 Å². The minimum Gasteiger partial charge on any atom is -0.416 e. The Kier molecular flexibility index (Phi) is 6.61. The number of benzene rings is 2. The number of halogens is 1. The van der Waals surface area contributed by atoms with Gasteiger partial charge in [0, 0.05) is 29.3 Å². The molecule has 11 heteroatoms. The molecule has 180 valence electrons. The van der Waals surface area contributed by atoms with Crippen LogP contribution in [-0.2, 0) is 14.8 Å². The van der Waals surface area contributed by atoms with E-state index in [0.717, 1.165) is 0 Å². The average molecular weight is 496 g/mol. The maximum atomic E-state index is 13.0. The van der Waals surface area contributed by atoms with Crippen molar-refractivity contribution in [3.05, 3.63) is 73.1 Å². The van der Waals surface area contributed by atoms with Crippen LogP contribution in [0.1, 0.15) is 13.8 Å². The Bertz CT molecular complexity index is 1440. The largest absolute Gasteiger partial charge is 0.416 e. The van der Waals surface area contributed by atoms with Crippen LogP contribution in [0.4, 0.5) is 15.8 Å². The molecule has 0 bridgehead atoms. The summed E-state index contributed by atoms with van der Waals surface area (Å²) < 4.78 is 47.1. The van der Waals surface area contributed by atoms with E-state index in [9.17, 15) is 17.6 Å². The van der Waals surface area contributed by atoms with Crippen LogP contribution in [0.25, 0.3) is 22.9 Å². The molecule has 0 saturated heterocycles. The van der Waals surface area contributed by atoms with Crippen molar-refractivity contribution in [3.63, 3.8) is 0 Å². The first-order valence-electron chi connectivity index (χ1n) is 10.5. The number of pyridine rings is 1. The fourth-order valence-electron chi connectivity index (χ4n) is 2.94. The van der Waals surface area contributed by atoms with E-state index < -0.39 is 28.0 Å².